The quantitative estimate of drug-likeness (QED) is 0.353. The molecule has 0 N–H and O–H groups in total. The normalized spacial score (nSPS) is 10.2. The Morgan fingerprint density at radius 3 is 2.52 bits per heavy atom. The maximum absolute atomic E-state index is 11.7. The van der Waals surface area contributed by atoms with Gasteiger partial charge in [0, 0.05) is 17.0 Å². The molecule has 0 saturated heterocycles. The SMILES string of the molecule is COC(=O)c1cc(Oc2ccc(SC)cc2C)ccc1[N+](=O)[O-]. The molecule has 0 aliphatic carbocycles. The summed E-state index contributed by atoms with van der Waals surface area (Å²) >= 11 is 1.62. The van der Waals surface area contributed by atoms with Gasteiger partial charge in [-0.15, -0.1) is 11.8 Å². The van der Waals surface area contributed by atoms with Crippen molar-refractivity contribution in [3.63, 3.8) is 0 Å². The number of nitrogens with zero attached hydrogens (tertiary/aromatic N) is 1. The number of hydrogen-bond donors (Lipinski definition) is 0. The first kappa shape index (κ1) is 16.8. The van der Waals surface area contributed by atoms with E-state index in [4.69, 9.17) is 4.74 Å². The van der Waals surface area contributed by atoms with Crippen LogP contribution in [0.2, 0.25) is 0 Å². The molecule has 0 aliphatic rings. The molecule has 0 heterocycles. The van der Waals surface area contributed by atoms with Gasteiger partial charge < -0.3 is 9.47 Å². The average Bonchev–Trinajstić information content (AvgIpc) is 2.55. The summed E-state index contributed by atoms with van der Waals surface area (Å²) in [6.45, 7) is 1.90. The van der Waals surface area contributed by atoms with Crippen molar-refractivity contribution in [2.24, 2.45) is 0 Å². The Bertz CT molecular complexity index is 760. The van der Waals surface area contributed by atoms with Gasteiger partial charge >= 0.3 is 5.97 Å². The van der Waals surface area contributed by atoms with Crippen LogP contribution in [0.3, 0.4) is 0 Å². The summed E-state index contributed by atoms with van der Waals surface area (Å²) in [6.07, 6.45) is 1.98. The molecule has 2 aromatic rings. The fraction of sp³-hybridized carbons (Fsp3) is 0.188. The summed E-state index contributed by atoms with van der Waals surface area (Å²) in [5, 5.41) is 11.0. The summed E-state index contributed by atoms with van der Waals surface area (Å²) < 4.78 is 10.3. The largest absolute Gasteiger partial charge is 0.465 e. The van der Waals surface area contributed by atoms with E-state index in [1.807, 2.05) is 31.4 Å². The smallest absolute Gasteiger partial charge is 0.345 e. The van der Waals surface area contributed by atoms with Gasteiger partial charge in [0.25, 0.3) is 5.69 Å². The zero-order chi connectivity index (χ0) is 17.0. The number of carbonyl (C=O) groups is 1. The van der Waals surface area contributed by atoms with Gasteiger partial charge in [0.1, 0.15) is 17.1 Å². The number of carbonyl (C=O) groups excluding carboxylic acids is 1. The first-order valence-corrected chi connectivity index (χ1v) is 7.88. The molecule has 0 saturated carbocycles. The van der Waals surface area contributed by atoms with Crippen molar-refractivity contribution >= 4 is 23.4 Å². The summed E-state index contributed by atoms with van der Waals surface area (Å²) in [5.41, 5.74) is 0.460. The van der Waals surface area contributed by atoms with E-state index in [0.717, 1.165) is 10.5 Å². The lowest BCUT2D eigenvalue weighted by Crippen LogP contribution is -2.06. The second-order valence-corrected chi connectivity index (χ2v) is 5.54. The van der Waals surface area contributed by atoms with E-state index in [1.54, 1.807) is 11.8 Å². The lowest BCUT2D eigenvalue weighted by Gasteiger charge is -2.11. The molecule has 0 unspecified atom stereocenters. The zero-order valence-electron chi connectivity index (χ0n) is 12.9. The van der Waals surface area contributed by atoms with Crippen molar-refractivity contribution < 1.29 is 19.2 Å². The standard InChI is InChI=1S/C16H15NO5S/c1-10-8-12(23-3)5-7-15(10)22-11-4-6-14(17(19)20)13(9-11)16(18)21-2/h4-9H,1-3H3. The zero-order valence-corrected chi connectivity index (χ0v) is 13.7. The fourth-order valence-corrected chi connectivity index (χ4v) is 2.50. The van der Waals surface area contributed by atoms with Crippen molar-refractivity contribution in [1.29, 1.82) is 0 Å². The number of rotatable bonds is 5. The van der Waals surface area contributed by atoms with Crippen molar-refractivity contribution in [2.75, 3.05) is 13.4 Å². The number of esters is 1. The number of benzene rings is 2. The Kier molecular flexibility index (Phi) is 5.23. The molecule has 0 bridgehead atoms. The van der Waals surface area contributed by atoms with E-state index in [-0.39, 0.29) is 11.3 Å². The topological polar surface area (TPSA) is 78.7 Å². The van der Waals surface area contributed by atoms with E-state index >= 15 is 0 Å². The fourth-order valence-electron chi connectivity index (χ4n) is 2.00. The van der Waals surface area contributed by atoms with Crippen LogP contribution in [0.25, 0.3) is 0 Å². The number of nitro groups is 1. The van der Waals surface area contributed by atoms with Gasteiger partial charge in [0.2, 0.25) is 0 Å². The van der Waals surface area contributed by atoms with Crippen LogP contribution in [-0.4, -0.2) is 24.3 Å². The van der Waals surface area contributed by atoms with Gasteiger partial charge in [-0.05, 0) is 43.0 Å². The van der Waals surface area contributed by atoms with Gasteiger partial charge in [0.05, 0.1) is 12.0 Å². The van der Waals surface area contributed by atoms with E-state index in [2.05, 4.69) is 4.74 Å². The molecular weight excluding hydrogens is 318 g/mol. The number of hydrogen-bond acceptors (Lipinski definition) is 6. The molecule has 7 heteroatoms. The lowest BCUT2D eigenvalue weighted by atomic mass is 10.1. The van der Waals surface area contributed by atoms with Crippen molar-refractivity contribution in [2.45, 2.75) is 11.8 Å². The molecule has 2 aromatic carbocycles. The molecule has 0 aliphatic heterocycles. The third kappa shape index (κ3) is 3.81. The van der Waals surface area contributed by atoms with Crippen molar-refractivity contribution in [1.82, 2.24) is 0 Å². The lowest BCUT2D eigenvalue weighted by molar-refractivity contribution is -0.385. The molecule has 0 amide bonds. The Morgan fingerprint density at radius 1 is 1.22 bits per heavy atom. The van der Waals surface area contributed by atoms with E-state index in [1.165, 1.54) is 25.3 Å². The average molecular weight is 333 g/mol. The minimum Gasteiger partial charge on any atom is -0.465 e. The van der Waals surface area contributed by atoms with E-state index < -0.39 is 10.9 Å². The number of aryl methyl sites for hydroxylation is 1. The number of thioether (sulfide) groups is 1. The Balaban J connectivity index is 2.37. The molecule has 0 radical (unpaired) electrons. The molecule has 0 aromatic heterocycles. The maximum Gasteiger partial charge on any atom is 0.345 e. The third-order valence-corrected chi connectivity index (χ3v) is 3.91. The van der Waals surface area contributed by atoms with Crippen LogP contribution in [0.15, 0.2) is 41.3 Å². The van der Waals surface area contributed by atoms with Gasteiger partial charge in [0.15, 0.2) is 0 Å². The highest BCUT2D eigenvalue weighted by Crippen LogP contribution is 2.31. The van der Waals surface area contributed by atoms with Crippen molar-refractivity contribution in [3.8, 4) is 11.5 Å². The first-order valence-electron chi connectivity index (χ1n) is 6.65. The number of nitro benzene ring substituents is 1. The Labute approximate surface area is 137 Å². The van der Waals surface area contributed by atoms with Crippen LogP contribution in [0.4, 0.5) is 5.69 Å². The number of methoxy groups -OCH3 is 1. The van der Waals surface area contributed by atoms with Crippen LogP contribution in [0.1, 0.15) is 15.9 Å². The van der Waals surface area contributed by atoms with Crippen LogP contribution < -0.4 is 4.74 Å². The van der Waals surface area contributed by atoms with E-state index in [9.17, 15) is 14.9 Å². The van der Waals surface area contributed by atoms with Gasteiger partial charge in [-0.2, -0.15) is 0 Å². The summed E-state index contributed by atoms with van der Waals surface area (Å²) in [6, 6.07) is 9.71. The molecule has 0 spiro atoms. The van der Waals surface area contributed by atoms with E-state index in [0.29, 0.717) is 11.5 Å². The molecule has 0 atom stereocenters. The highest BCUT2D eigenvalue weighted by Gasteiger charge is 2.22. The summed E-state index contributed by atoms with van der Waals surface area (Å²) in [7, 11) is 1.17. The Morgan fingerprint density at radius 2 is 1.96 bits per heavy atom. The number of ether oxygens (including phenoxy) is 2. The molecule has 6 nitrogen and oxygen atoms in total. The van der Waals surface area contributed by atoms with Crippen LogP contribution in [0.5, 0.6) is 11.5 Å². The van der Waals surface area contributed by atoms with Crippen LogP contribution >= 0.6 is 11.8 Å². The Hall–Kier alpha value is -2.54. The third-order valence-electron chi connectivity index (χ3n) is 3.18. The van der Waals surface area contributed by atoms with Crippen LogP contribution in [-0.2, 0) is 4.74 Å². The maximum atomic E-state index is 11.7. The predicted molar refractivity (Wildman–Crippen MR) is 87.5 cm³/mol. The van der Waals surface area contributed by atoms with Gasteiger partial charge in [-0.1, -0.05) is 0 Å². The molecule has 23 heavy (non-hydrogen) atoms. The molecule has 2 rings (SSSR count). The van der Waals surface area contributed by atoms with Gasteiger partial charge in [-0.3, -0.25) is 10.1 Å². The summed E-state index contributed by atoms with van der Waals surface area (Å²) in [4.78, 5) is 23.2. The summed E-state index contributed by atoms with van der Waals surface area (Å²) in [5.74, 6) is 0.167. The second kappa shape index (κ2) is 7.15. The first-order chi connectivity index (χ1) is 11.0. The monoisotopic (exact) mass is 333 g/mol. The van der Waals surface area contributed by atoms with Crippen LogP contribution in [0, 0.1) is 17.0 Å². The minimum absolute atomic E-state index is 0.145. The second-order valence-electron chi connectivity index (χ2n) is 4.66. The predicted octanol–water partition coefficient (Wildman–Crippen LogP) is 4.20. The molecular formula is C16H15NO5S. The minimum atomic E-state index is -0.781. The highest BCUT2D eigenvalue weighted by molar-refractivity contribution is 7.98. The van der Waals surface area contributed by atoms with Crippen molar-refractivity contribution in [3.05, 3.63) is 57.6 Å². The van der Waals surface area contributed by atoms with Gasteiger partial charge in [-0.25, -0.2) is 4.79 Å². The highest BCUT2D eigenvalue weighted by atomic mass is 32.2. The molecule has 0 fully saturated rings. The molecule has 120 valence electrons.